The third-order valence-electron chi connectivity index (χ3n) is 3.12. The first-order valence-corrected chi connectivity index (χ1v) is 11.8. The lowest BCUT2D eigenvalue weighted by Gasteiger charge is -2.18. The van der Waals surface area contributed by atoms with Gasteiger partial charge in [-0.2, -0.15) is 0 Å². The normalized spacial score (nSPS) is 10.6. The van der Waals surface area contributed by atoms with Gasteiger partial charge in [-0.15, -0.1) is 5.54 Å². The molecule has 2 nitrogen and oxygen atoms in total. The maximum Gasteiger partial charge on any atom is 0.265 e. The van der Waals surface area contributed by atoms with Gasteiger partial charge < -0.3 is 0 Å². The Morgan fingerprint density at radius 2 is 1.65 bits per heavy atom. The van der Waals surface area contributed by atoms with Crippen LogP contribution in [-0.2, 0) is 6.54 Å². The van der Waals surface area contributed by atoms with Crippen LogP contribution in [0.15, 0.2) is 59.1 Å². The highest BCUT2D eigenvalue weighted by molar-refractivity contribution is 9.10. The summed E-state index contributed by atoms with van der Waals surface area (Å²) in [6.45, 7) is 6.98. The monoisotopic (exact) mass is 385 g/mol. The average molecular weight is 386 g/mol. The van der Waals surface area contributed by atoms with Crippen molar-refractivity contribution in [2.75, 3.05) is 0 Å². The van der Waals surface area contributed by atoms with E-state index in [-0.39, 0.29) is 5.91 Å². The Bertz CT molecular complexity index is 741. The Balaban J connectivity index is 2.34. The molecule has 0 fully saturated rings. The zero-order valence-electron chi connectivity index (χ0n) is 13.6. The Morgan fingerprint density at radius 1 is 1.04 bits per heavy atom. The number of amides is 1. The predicted octanol–water partition coefficient (Wildman–Crippen LogP) is 4.93. The number of carbonyl (C=O) groups is 1. The van der Waals surface area contributed by atoms with E-state index < -0.39 is 8.07 Å². The molecule has 0 saturated heterocycles. The Morgan fingerprint density at radius 3 is 2.26 bits per heavy atom. The van der Waals surface area contributed by atoms with Crippen molar-refractivity contribution in [3.8, 4) is 11.6 Å². The molecule has 0 radical (unpaired) electrons. The molecule has 0 spiro atoms. The molecule has 0 heterocycles. The van der Waals surface area contributed by atoms with Crippen molar-refractivity contribution >= 4 is 29.9 Å². The Hall–Kier alpha value is -1.83. The zero-order chi connectivity index (χ0) is 16.9. The third kappa shape index (κ3) is 5.38. The van der Waals surface area contributed by atoms with Crippen LogP contribution in [0.4, 0.5) is 0 Å². The smallest absolute Gasteiger partial charge is 0.265 e. The van der Waals surface area contributed by atoms with E-state index in [1.54, 1.807) is 4.90 Å². The molecule has 0 saturated carbocycles. The lowest BCUT2D eigenvalue weighted by atomic mass is 10.1. The van der Waals surface area contributed by atoms with Crippen LogP contribution in [-0.4, -0.2) is 18.9 Å². The molecular weight excluding hydrogens is 366 g/mol. The highest BCUT2D eigenvalue weighted by atomic mass is 79.9. The average Bonchev–Trinajstić information content (AvgIpc) is 2.52. The summed E-state index contributed by atoms with van der Waals surface area (Å²) >= 11 is 3.54. The van der Waals surface area contributed by atoms with Gasteiger partial charge in [0.05, 0.1) is 6.54 Å². The predicted molar refractivity (Wildman–Crippen MR) is 102 cm³/mol. The number of hydrogen-bond donors (Lipinski definition) is 0. The molecular formula is C19H20BrNOSi. The van der Waals surface area contributed by atoms with E-state index in [2.05, 4.69) is 47.2 Å². The van der Waals surface area contributed by atoms with Gasteiger partial charge in [-0.3, -0.25) is 9.69 Å². The van der Waals surface area contributed by atoms with Gasteiger partial charge in [0.15, 0.2) is 0 Å². The first-order chi connectivity index (χ1) is 10.9. The van der Waals surface area contributed by atoms with Gasteiger partial charge in [-0.05, 0) is 23.8 Å². The number of benzene rings is 2. The SMILES string of the molecule is C[Si](C)(C)C#CN(Cc1ccccc1Br)C(=O)c1ccccc1. The molecule has 4 heteroatoms. The van der Waals surface area contributed by atoms with Crippen molar-refractivity contribution in [1.82, 2.24) is 4.90 Å². The van der Waals surface area contributed by atoms with E-state index >= 15 is 0 Å². The summed E-state index contributed by atoms with van der Waals surface area (Å²) in [6.07, 6.45) is 0. The summed E-state index contributed by atoms with van der Waals surface area (Å²) in [7, 11) is -1.56. The van der Waals surface area contributed by atoms with E-state index in [1.807, 2.05) is 54.6 Å². The van der Waals surface area contributed by atoms with Crippen LogP contribution in [0.1, 0.15) is 15.9 Å². The fourth-order valence-corrected chi connectivity index (χ4v) is 2.81. The molecule has 23 heavy (non-hydrogen) atoms. The fourth-order valence-electron chi connectivity index (χ4n) is 1.93. The van der Waals surface area contributed by atoms with Gasteiger partial charge >= 0.3 is 0 Å². The van der Waals surface area contributed by atoms with Gasteiger partial charge in [0, 0.05) is 16.1 Å². The quantitative estimate of drug-likeness (QED) is 0.416. The molecule has 0 unspecified atom stereocenters. The Kier molecular flexibility index (Phi) is 5.81. The lowest BCUT2D eigenvalue weighted by molar-refractivity contribution is 0.0826. The number of hydrogen-bond acceptors (Lipinski definition) is 1. The summed E-state index contributed by atoms with van der Waals surface area (Å²) in [5.41, 5.74) is 4.99. The van der Waals surface area contributed by atoms with Gasteiger partial charge in [0.1, 0.15) is 8.07 Å². The van der Waals surface area contributed by atoms with Crippen molar-refractivity contribution in [3.05, 3.63) is 70.2 Å². The molecule has 2 rings (SSSR count). The van der Waals surface area contributed by atoms with Crippen LogP contribution in [0.5, 0.6) is 0 Å². The molecule has 0 bridgehead atoms. The van der Waals surface area contributed by atoms with Crippen molar-refractivity contribution in [2.45, 2.75) is 26.2 Å². The minimum absolute atomic E-state index is 0.0629. The molecule has 2 aromatic rings. The molecule has 0 atom stereocenters. The maximum absolute atomic E-state index is 12.8. The van der Waals surface area contributed by atoms with E-state index in [0.29, 0.717) is 12.1 Å². The number of nitrogens with zero attached hydrogens (tertiary/aromatic N) is 1. The summed E-state index contributed by atoms with van der Waals surface area (Å²) in [6, 6.07) is 20.3. The molecule has 1 amide bonds. The number of rotatable bonds is 3. The van der Waals surface area contributed by atoms with Crippen LogP contribution in [0.25, 0.3) is 0 Å². The van der Waals surface area contributed by atoms with Gasteiger partial charge in [0.25, 0.3) is 5.91 Å². The van der Waals surface area contributed by atoms with Crippen LogP contribution in [0.2, 0.25) is 19.6 Å². The minimum atomic E-state index is -1.56. The first-order valence-electron chi connectivity index (χ1n) is 7.50. The summed E-state index contributed by atoms with van der Waals surface area (Å²) in [4.78, 5) is 14.4. The van der Waals surface area contributed by atoms with E-state index in [9.17, 15) is 4.79 Å². The molecule has 0 aromatic heterocycles. The van der Waals surface area contributed by atoms with Gasteiger partial charge in [-0.25, -0.2) is 0 Å². The van der Waals surface area contributed by atoms with Crippen molar-refractivity contribution in [1.29, 1.82) is 0 Å². The Labute approximate surface area is 147 Å². The second kappa shape index (κ2) is 7.63. The van der Waals surface area contributed by atoms with Crippen LogP contribution in [0, 0.1) is 11.6 Å². The largest absolute Gasteiger partial charge is 0.268 e. The van der Waals surface area contributed by atoms with Crippen LogP contribution >= 0.6 is 15.9 Å². The number of halogens is 1. The molecule has 0 N–H and O–H groups in total. The standard InChI is InChI=1S/C19H20BrNOSi/c1-23(2,3)14-13-21(15-17-11-7-8-12-18(17)20)19(22)16-9-5-4-6-10-16/h4-12H,15H2,1-3H3. The van der Waals surface area contributed by atoms with Gasteiger partial charge in [-0.1, -0.05) is 72.0 Å². The molecule has 0 aliphatic carbocycles. The zero-order valence-corrected chi connectivity index (χ0v) is 16.2. The van der Waals surface area contributed by atoms with Crippen molar-refractivity contribution in [2.24, 2.45) is 0 Å². The highest BCUT2D eigenvalue weighted by Gasteiger charge is 2.16. The maximum atomic E-state index is 12.8. The third-order valence-corrected chi connectivity index (χ3v) is 4.75. The van der Waals surface area contributed by atoms with Crippen molar-refractivity contribution < 1.29 is 4.79 Å². The van der Waals surface area contributed by atoms with E-state index in [4.69, 9.17) is 0 Å². The van der Waals surface area contributed by atoms with Crippen LogP contribution in [0.3, 0.4) is 0 Å². The van der Waals surface area contributed by atoms with Crippen molar-refractivity contribution in [3.63, 3.8) is 0 Å². The van der Waals surface area contributed by atoms with Gasteiger partial charge in [0.2, 0.25) is 0 Å². The summed E-state index contributed by atoms with van der Waals surface area (Å²) < 4.78 is 0.987. The van der Waals surface area contributed by atoms with Crippen LogP contribution < -0.4 is 0 Å². The first kappa shape index (κ1) is 17.5. The highest BCUT2D eigenvalue weighted by Crippen LogP contribution is 2.19. The van der Waals surface area contributed by atoms with E-state index in [1.165, 1.54) is 0 Å². The topological polar surface area (TPSA) is 20.3 Å². The summed E-state index contributed by atoms with van der Waals surface area (Å²) in [5.74, 6) is -0.0629. The molecule has 0 aliphatic rings. The summed E-state index contributed by atoms with van der Waals surface area (Å²) in [5, 5.41) is 0. The molecule has 118 valence electrons. The van der Waals surface area contributed by atoms with E-state index in [0.717, 1.165) is 10.0 Å². The fraction of sp³-hybridized carbons (Fsp3) is 0.211. The second-order valence-electron chi connectivity index (χ2n) is 6.34. The lowest BCUT2D eigenvalue weighted by Crippen LogP contribution is -2.28. The second-order valence-corrected chi connectivity index (χ2v) is 11.9. The molecule has 2 aromatic carbocycles. The number of carbonyl (C=O) groups excluding carboxylic acids is 1. The minimum Gasteiger partial charge on any atom is -0.268 e. The molecule has 0 aliphatic heterocycles.